The Hall–Kier alpha value is -1.95. The van der Waals surface area contributed by atoms with Gasteiger partial charge in [-0.05, 0) is 17.0 Å². The molecule has 0 aliphatic rings. The van der Waals surface area contributed by atoms with Crippen molar-refractivity contribution in [3.8, 4) is 12.3 Å². The van der Waals surface area contributed by atoms with E-state index in [9.17, 15) is 8.78 Å². The van der Waals surface area contributed by atoms with Gasteiger partial charge in [-0.3, -0.25) is 4.98 Å². The molecule has 0 spiro atoms. The van der Waals surface area contributed by atoms with Gasteiger partial charge in [0.25, 0.3) is 0 Å². The van der Waals surface area contributed by atoms with E-state index in [-0.39, 0.29) is 11.0 Å². The molecule has 2 aromatic rings. The second-order valence-electron chi connectivity index (χ2n) is 5.23. The SMILES string of the molecule is C#Cc1c(F)c(F)cc2cncc(C(C)(C)C)c12. The van der Waals surface area contributed by atoms with Crippen LogP contribution >= 0.6 is 0 Å². The number of halogens is 2. The Balaban J connectivity index is 3.01. The minimum absolute atomic E-state index is 0.0303. The Bertz CT molecular complexity index is 661. The fraction of sp³-hybridized carbons (Fsp3) is 0.267. The molecule has 0 aliphatic carbocycles. The van der Waals surface area contributed by atoms with E-state index in [0.29, 0.717) is 10.8 Å². The summed E-state index contributed by atoms with van der Waals surface area (Å²) in [4.78, 5) is 4.07. The Labute approximate surface area is 105 Å². The van der Waals surface area contributed by atoms with Crippen molar-refractivity contribution in [2.45, 2.75) is 26.2 Å². The molecule has 0 N–H and O–H groups in total. The van der Waals surface area contributed by atoms with E-state index in [0.717, 1.165) is 11.6 Å². The zero-order valence-electron chi connectivity index (χ0n) is 10.5. The zero-order chi connectivity index (χ0) is 13.5. The summed E-state index contributed by atoms with van der Waals surface area (Å²) in [5.74, 6) is 0.337. The number of nitrogens with zero attached hydrogens (tertiary/aromatic N) is 1. The highest BCUT2D eigenvalue weighted by atomic mass is 19.2. The van der Waals surface area contributed by atoms with Crippen LogP contribution in [0.4, 0.5) is 8.78 Å². The zero-order valence-corrected chi connectivity index (χ0v) is 10.5. The van der Waals surface area contributed by atoms with Gasteiger partial charge in [-0.15, -0.1) is 6.42 Å². The molecule has 1 aromatic carbocycles. The fourth-order valence-corrected chi connectivity index (χ4v) is 2.00. The molecule has 3 heteroatoms. The number of hydrogen-bond donors (Lipinski definition) is 0. The van der Waals surface area contributed by atoms with Crippen LogP contribution in [0.1, 0.15) is 31.9 Å². The molecule has 18 heavy (non-hydrogen) atoms. The molecule has 2 rings (SSSR count). The first kappa shape index (κ1) is 12.5. The van der Waals surface area contributed by atoms with Crippen molar-refractivity contribution < 1.29 is 8.78 Å². The van der Waals surface area contributed by atoms with E-state index in [4.69, 9.17) is 6.42 Å². The Kier molecular flexibility index (Phi) is 2.82. The van der Waals surface area contributed by atoms with Crippen LogP contribution in [0.15, 0.2) is 18.5 Å². The van der Waals surface area contributed by atoms with Crippen LogP contribution in [-0.4, -0.2) is 4.98 Å². The van der Waals surface area contributed by atoms with Gasteiger partial charge in [-0.25, -0.2) is 8.78 Å². The second-order valence-corrected chi connectivity index (χ2v) is 5.23. The third kappa shape index (κ3) is 1.84. The van der Waals surface area contributed by atoms with Crippen LogP contribution in [0.25, 0.3) is 10.8 Å². The lowest BCUT2D eigenvalue weighted by atomic mass is 9.83. The van der Waals surface area contributed by atoms with Crippen molar-refractivity contribution in [1.82, 2.24) is 4.98 Å². The number of aromatic nitrogens is 1. The Morgan fingerprint density at radius 2 is 1.89 bits per heavy atom. The molecule has 0 saturated carbocycles. The minimum Gasteiger partial charge on any atom is -0.264 e. The maximum absolute atomic E-state index is 13.8. The lowest BCUT2D eigenvalue weighted by molar-refractivity contribution is 0.508. The monoisotopic (exact) mass is 245 g/mol. The normalized spacial score (nSPS) is 11.6. The smallest absolute Gasteiger partial charge is 0.175 e. The molecule has 0 fully saturated rings. The predicted octanol–water partition coefficient (Wildman–Crippen LogP) is 3.79. The molecular formula is C15H13F2N. The number of benzene rings is 1. The first-order valence-corrected chi connectivity index (χ1v) is 5.59. The van der Waals surface area contributed by atoms with Crippen LogP contribution < -0.4 is 0 Å². The van der Waals surface area contributed by atoms with Crippen LogP contribution in [0, 0.1) is 24.0 Å². The lowest BCUT2D eigenvalue weighted by Crippen LogP contribution is -2.13. The quantitative estimate of drug-likeness (QED) is 0.643. The molecule has 1 heterocycles. The highest BCUT2D eigenvalue weighted by Gasteiger charge is 2.22. The standard InChI is InChI=1S/C15H13F2N/c1-5-10-13-9(6-12(16)14(10)17)7-18-8-11(13)15(2,3)4/h1,6-8H,2-4H3. The topological polar surface area (TPSA) is 12.9 Å². The number of fused-ring (bicyclic) bond motifs is 1. The molecule has 0 amide bonds. The Morgan fingerprint density at radius 1 is 1.22 bits per heavy atom. The van der Waals surface area contributed by atoms with E-state index in [1.54, 1.807) is 6.20 Å². The first-order valence-electron chi connectivity index (χ1n) is 5.59. The highest BCUT2D eigenvalue weighted by molar-refractivity contribution is 5.91. The summed E-state index contributed by atoms with van der Waals surface area (Å²) in [5.41, 5.74) is 0.534. The van der Waals surface area contributed by atoms with Gasteiger partial charge in [0.05, 0.1) is 5.56 Å². The molecule has 0 saturated heterocycles. The van der Waals surface area contributed by atoms with Crippen molar-refractivity contribution >= 4 is 10.8 Å². The van der Waals surface area contributed by atoms with Gasteiger partial charge in [0.2, 0.25) is 0 Å². The van der Waals surface area contributed by atoms with Gasteiger partial charge in [0, 0.05) is 23.2 Å². The molecule has 0 aliphatic heterocycles. The lowest BCUT2D eigenvalue weighted by Gasteiger charge is -2.21. The molecule has 1 aromatic heterocycles. The Morgan fingerprint density at radius 3 is 2.44 bits per heavy atom. The first-order chi connectivity index (χ1) is 8.36. The molecular weight excluding hydrogens is 232 g/mol. The van der Waals surface area contributed by atoms with E-state index in [1.807, 2.05) is 20.8 Å². The summed E-state index contributed by atoms with van der Waals surface area (Å²) in [5, 5.41) is 1.09. The summed E-state index contributed by atoms with van der Waals surface area (Å²) in [6.45, 7) is 5.93. The summed E-state index contributed by atoms with van der Waals surface area (Å²) in [6, 6.07) is 1.13. The van der Waals surface area contributed by atoms with Gasteiger partial charge < -0.3 is 0 Å². The van der Waals surface area contributed by atoms with Gasteiger partial charge in [-0.1, -0.05) is 26.7 Å². The van der Waals surface area contributed by atoms with Crippen LogP contribution in [0.2, 0.25) is 0 Å². The largest absolute Gasteiger partial charge is 0.264 e. The summed E-state index contributed by atoms with van der Waals surface area (Å²) in [6.07, 6.45) is 8.47. The van der Waals surface area contributed by atoms with Crippen LogP contribution in [0.3, 0.4) is 0 Å². The third-order valence-electron chi connectivity index (χ3n) is 2.89. The molecule has 0 atom stereocenters. The van der Waals surface area contributed by atoms with Crippen molar-refractivity contribution in [3.63, 3.8) is 0 Å². The van der Waals surface area contributed by atoms with Crippen LogP contribution in [-0.2, 0) is 5.41 Å². The van der Waals surface area contributed by atoms with Crippen LogP contribution in [0.5, 0.6) is 0 Å². The predicted molar refractivity (Wildman–Crippen MR) is 68.3 cm³/mol. The van der Waals surface area contributed by atoms with E-state index in [2.05, 4.69) is 10.9 Å². The third-order valence-corrected chi connectivity index (χ3v) is 2.89. The van der Waals surface area contributed by atoms with Gasteiger partial charge >= 0.3 is 0 Å². The summed E-state index contributed by atoms with van der Waals surface area (Å²) < 4.78 is 27.2. The maximum Gasteiger partial charge on any atom is 0.175 e. The molecule has 0 bridgehead atoms. The molecule has 1 nitrogen and oxygen atoms in total. The summed E-state index contributed by atoms with van der Waals surface area (Å²) >= 11 is 0. The van der Waals surface area contributed by atoms with Gasteiger partial charge in [-0.2, -0.15) is 0 Å². The molecule has 0 unspecified atom stereocenters. The summed E-state index contributed by atoms with van der Waals surface area (Å²) in [7, 11) is 0. The second kappa shape index (κ2) is 4.06. The number of hydrogen-bond acceptors (Lipinski definition) is 1. The molecule has 0 radical (unpaired) electrons. The number of pyridine rings is 1. The van der Waals surface area contributed by atoms with Crippen molar-refractivity contribution in [2.75, 3.05) is 0 Å². The average Bonchev–Trinajstić information content (AvgIpc) is 2.29. The molecule has 92 valence electrons. The fourth-order valence-electron chi connectivity index (χ4n) is 2.00. The van der Waals surface area contributed by atoms with Crippen molar-refractivity contribution in [3.05, 3.63) is 41.2 Å². The maximum atomic E-state index is 13.8. The van der Waals surface area contributed by atoms with E-state index in [1.165, 1.54) is 6.20 Å². The number of terminal acetylenes is 1. The average molecular weight is 245 g/mol. The van der Waals surface area contributed by atoms with Crippen molar-refractivity contribution in [1.29, 1.82) is 0 Å². The van der Waals surface area contributed by atoms with Crippen molar-refractivity contribution in [2.24, 2.45) is 0 Å². The highest BCUT2D eigenvalue weighted by Crippen LogP contribution is 2.33. The van der Waals surface area contributed by atoms with E-state index < -0.39 is 11.6 Å². The minimum atomic E-state index is -0.971. The van der Waals surface area contributed by atoms with Gasteiger partial charge in [0.15, 0.2) is 11.6 Å². The van der Waals surface area contributed by atoms with E-state index >= 15 is 0 Å². The van der Waals surface area contributed by atoms with Gasteiger partial charge in [0.1, 0.15) is 0 Å². The number of rotatable bonds is 0.